The van der Waals surface area contributed by atoms with Crippen LogP contribution in [0.4, 0.5) is 0 Å². The fraction of sp³-hybridized carbons (Fsp3) is 0.286. The highest BCUT2D eigenvalue weighted by atomic mass is 32.1. The second-order valence-electron chi connectivity index (χ2n) is 6.16. The van der Waals surface area contributed by atoms with Crippen molar-refractivity contribution < 1.29 is 23.7 Å². The average Bonchev–Trinajstić information content (AvgIpc) is 3.13. The molecule has 29 heavy (non-hydrogen) atoms. The number of nitrogens with zero attached hydrogens (tertiary/aromatic N) is 2. The summed E-state index contributed by atoms with van der Waals surface area (Å²) in [6, 6.07) is 7.52. The summed E-state index contributed by atoms with van der Waals surface area (Å²) < 4.78 is 29.2. The number of methoxy groups -OCH3 is 5. The summed E-state index contributed by atoms with van der Waals surface area (Å²) in [7, 11) is 9.85. The normalized spacial score (nSPS) is 10.6. The predicted octanol–water partition coefficient (Wildman–Crippen LogP) is 4.09. The zero-order valence-corrected chi connectivity index (χ0v) is 18.2. The topological polar surface area (TPSA) is 64.0 Å². The van der Waals surface area contributed by atoms with Gasteiger partial charge < -0.3 is 28.3 Å². The molecule has 2 aromatic carbocycles. The molecule has 0 amide bonds. The number of aryl methyl sites for hydroxylation is 1. The third kappa shape index (κ3) is 3.55. The minimum Gasteiger partial charge on any atom is -0.493 e. The first-order valence-corrected chi connectivity index (χ1v) is 9.21. The van der Waals surface area contributed by atoms with Crippen LogP contribution >= 0.6 is 12.6 Å². The van der Waals surface area contributed by atoms with Gasteiger partial charge in [-0.15, -0.1) is 12.6 Å². The lowest BCUT2D eigenvalue weighted by Crippen LogP contribution is -1.99. The predicted molar refractivity (Wildman–Crippen MR) is 114 cm³/mol. The Morgan fingerprint density at radius 3 is 1.90 bits per heavy atom. The molecule has 0 radical (unpaired) electrons. The van der Waals surface area contributed by atoms with Crippen LogP contribution in [0, 0.1) is 0 Å². The van der Waals surface area contributed by atoms with Crippen LogP contribution in [0.25, 0.3) is 22.5 Å². The fourth-order valence-corrected chi connectivity index (χ4v) is 3.67. The van der Waals surface area contributed by atoms with Gasteiger partial charge in [-0.1, -0.05) is 0 Å². The zero-order chi connectivity index (χ0) is 21.1. The van der Waals surface area contributed by atoms with E-state index in [1.54, 1.807) is 41.9 Å². The molecule has 0 aliphatic carbocycles. The van der Waals surface area contributed by atoms with Crippen LogP contribution in [0.3, 0.4) is 0 Å². The van der Waals surface area contributed by atoms with E-state index in [0.29, 0.717) is 33.6 Å². The quantitative estimate of drug-likeness (QED) is 0.586. The number of aromatic nitrogens is 2. The van der Waals surface area contributed by atoms with E-state index in [1.807, 2.05) is 35.9 Å². The lowest BCUT2D eigenvalue weighted by Gasteiger charge is -2.16. The molecule has 0 saturated carbocycles. The van der Waals surface area contributed by atoms with E-state index >= 15 is 0 Å². The highest BCUT2D eigenvalue weighted by Gasteiger charge is 2.22. The van der Waals surface area contributed by atoms with Crippen molar-refractivity contribution in [1.82, 2.24) is 9.55 Å². The van der Waals surface area contributed by atoms with Gasteiger partial charge in [0.05, 0.1) is 58.2 Å². The summed E-state index contributed by atoms with van der Waals surface area (Å²) in [5.41, 5.74) is 3.28. The maximum atomic E-state index is 5.51. The number of ether oxygens (including phenoxy) is 5. The van der Waals surface area contributed by atoms with Gasteiger partial charge in [0.1, 0.15) is 0 Å². The molecule has 0 unspecified atom stereocenters. The van der Waals surface area contributed by atoms with Gasteiger partial charge in [0, 0.05) is 18.2 Å². The molecular weight excluding hydrogens is 392 g/mol. The first kappa shape index (κ1) is 20.7. The van der Waals surface area contributed by atoms with Crippen molar-refractivity contribution >= 4 is 12.6 Å². The minimum atomic E-state index is 0.531. The molecule has 0 N–H and O–H groups in total. The van der Waals surface area contributed by atoms with Crippen molar-refractivity contribution in [2.24, 2.45) is 7.05 Å². The van der Waals surface area contributed by atoms with Gasteiger partial charge in [-0.05, 0) is 24.3 Å². The molecule has 8 heteroatoms. The van der Waals surface area contributed by atoms with Crippen molar-refractivity contribution in [2.75, 3.05) is 35.5 Å². The number of hydrogen-bond donors (Lipinski definition) is 1. The Kier molecular flexibility index (Phi) is 6.12. The van der Waals surface area contributed by atoms with Crippen molar-refractivity contribution in [1.29, 1.82) is 0 Å². The Labute approximate surface area is 175 Å². The standard InChI is InChI=1S/C21H24N2O5S/c1-23-11-22-17(13-7-8-14(24-2)20(28-6)21(13)29)18(23)12-9-15(25-3)19(27-5)16(10-12)26-4/h7-11,29H,1-6H3. The molecule has 0 aliphatic rings. The highest BCUT2D eigenvalue weighted by molar-refractivity contribution is 7.80. The fourth-order valence-electron chi connectivity index (χ4n) is 3.29. The van der Waals surface area contributed by atoms with Crippen LogP contribution in [0.15, 0.2) is 35.5 Å². The lowest BCUT2D eigenvalue weighted by atomic mass is 10.0. The van der Waals surface area contributed by atoms with E-state index < -0.39 is 0 Å². The van der Waals surface area contributed by atoms with Crippen LogP contribution in [-0.4, -0.2) is 45.1 Å². The van der Waals surface area contributed by atoms with Gasteiger partial charge in [0.25, 0.3) is 0 Å². The largest absolute Gasteiger partial charge is 0.493 e. The Morgan fingerprint density at radius 1 is 0.793 bits per heavy atom. The van der Waals surface area contributed by atoms with E-state index in [2.05, 4.69) is 17.6 Å². The molecule has 3 rings (SSSR count). The third-order valence-electron chi connectivity index (χ3n) is 4.65. The van der Waals surface area contributed by atoms with Crippen molar-refractivity contribution in [3.63, 3.8) is 0 Å². The van der Waals surface area contributed by atoms with Crippen molar-refractivity contribution in [2.45, 2.75) is 4.90 Å². The lowest BCUT2D eigenvalue weighted by molar-refractivity contribution is 0.324. The third-order valence-corrected chi connectivity index (χ3v) is 5.09. The van der Waals surface area contributed by atoms with Crippen LogP contribution < -0.4 is 23.7 Å². The number of hydrogen-bond acceptors (Lipinski definition) is 7. The molecule has 0 bridgehead atoms. The summed E-state index contributed by atoms with van der Waals surface area (Å²) in [5.74, 6) is 2.81. The van der Waals surface area contributed by atoms with Gasteiger partial charge >= 0.3 is 0 Å². The zero-order valence-electron chi connectivity index (χ0n) is 17.3. The average molecular weight is 416 g/mol. The van der Waals surface area contributed by atoms with E-state index in [9.17, 15) is 0 Å². The first-order valence-electron chi connectivity index (χ1n) is 8.76. The van der Waals surface area contributed by atoms with Crippen LogP contribution in [0.2, 0.25) is 0 Å². The summed E-state index contributed by atoms with van der Waals surface area (Å²) in [6.07, 6.45) is 1.75. The smallest absolute Gasteiger partial charge is 0.203 e. The molecule has 1 heterocycles. The van der Waals surface area contributed by atoms with E-state index in [1.165, 1.54) is 0 Å². The highest BCUT2D eigenvalue weighted by Crippen LogP contribution is 2.45. The monoisotopic (exact) mass is 416 g/mol. The number of thiol groups is 1. The Bertz CT molecular complexity index is 1010. The molecule has 0 fully saturated rings. The van der Waals surface area contributed by atoms with Crippen LogP contribution in [0.1, 0.15) is 0 Å². The molecule has 3 aromatic rings. The second-order valence-corrected chi connectivity index (χ2v) is 6.61. The Morgan fingerprint density at radius 2 is 1.38 bits per heavy atom. The molecule has 7 nitrogen and oxygen atoms in total. The van der Waals surface area contributed by atoms with Gasteiger partial charge in [-0.3, -0.25) is 0 Å². The molecule has 0 aliphatic heterocycles. The molecule has 0 atom stereocenters. The van der Waals surface area contributed by atoms with Crippen molar-refractivity contribution in [3.05, 3.63) is 30.6 Å². The number of imidazole rings is 1. The minimum absolute atomic E-state index is 0.531. The van der Waals surface area contributed by atoms with Gasteiger partial charge in [-0.25, -0.2) is 4.98 Å². The molecule has 154 valence electrons. The first-order chi connectivity index (χ1) is 14.0. The van der Waals surface area contributed by atoms with Gasteiger partial charge in [0.2, 0.25) is 5.75 Å². The summed E-state index contributed by atoms with van der Waals surface area (Å²) in [6.45, 7) is 0. The van der Waals surface area contributed by atoms with E-state index in [0.717, 1.165) is 22.5 Å². The number of rotatable bonds is 7. The summed E-state index contributed by atoms with van der Waals surface area (Å²) >= 11 is 4.68. The molecule has 0 spiro atoms. The Hall–Kier alpha value is -3.00. The molecule has 0 saturated heterocycles. The van der Waals surface area contributed by atoms with Gasteiger partial charge in [-0.2, -0.15) is 0 Å². The maximum absolute atomic E-state index is 5.51. The van der Waals surface area contributed by atoms with Crippen LogP contribution in [-0.2, 0) is 7.05 Å². The number of benzene rings is 2. The Balaban J connectivity index is 2.25. The van der Waals surface area contributed by atoms with Gasteiger partial charge in [0.15, 0.2) is 23.0 Å². The van der Waals surface area contributed by atoms with Crippen molar-refractivity contribution in [3.8, 4) is 51.3 Å². The summed E-state index contributed by atoms with van der Waals surface area (Å²) in [4.78, 5) is 5.25. The summed E-state index contributed by atoms with van der Waals surface area (Å²) in [5, 5.41) is 0. The second kappa shape index (κ2) is 8.57. The molecular formula is C21H24N2O5S. The molecule has 1 aromatic heterocycles. The SMILES string of the molecule is COc1cc(-c2c(-c3ccc(OC)c(OC)c3S)ncn2C)cc(OC)c1OC. The van der Waals surface area contributed by atoms with E-state index in [4.69, 9.17) is 23.7 Å². The maximum Gasteiger partial charge on any atom is 0.203 e. The van der Waals surface area contributed by atoms with E-state index in [-0.39, 0.29) is 0 Å². The van der Waals surface area contributed by atoms with Crippen LogP contribution in [0.5, 0.6) is 28.7 Å².